The van der Waals surface area contributed by atoms with Crippen molar-refractivity contribution in [2.45, 2.75) is 59.1 Å². The van der Waals surface area contributed by atoms with Crippen LogP contribution in [0, 0.1) is 25.2 Å². The van der Waals surface area contributed by atoms with Crippen LogP contribution in [-0.4, -0.2) is 48.8 Å². The van der Waals surface area contributed by atoms with E-state index in [0.717, 1.165) is 23.3 Å². The molecule has 0 aliphatic carbocycles. The molecule has 0 unspecified atom stereocenters. The third-order valence-corrected chi connectivity index (χ3v) is 8.15. The number of alkyl halides is 5. The molecule has 2 saturated heterocycles. The Balaban J connectivity index is 1.73. The van der Waals surface area contributed by atoms with Gasteiger partial charge in [-0.15, -0.1) is 0 Å². The zero-order valence-corrected chi connectivity index (χ0v) is 22.6. The molecule has 2 amide bonds. The zero-order valence-electron chi connectivity index (χ0n) is 22.6. The van der Waals surface area contributed by atoms with E-state index in [1.54, 1.807) is 23.6 Å². The average Bonchev–Trinajstić information content (AvgIpc) is 3.10. The number of carbonyl (C=O) groups is 2. The summed E-state index contributed by atoms with van der Waals surface area (Å²) in [6, 6.07) is 9.02. The van der Waals surface area contributed by atoms with Crippen molar-refractivity contribution in [1.29, 1.82) is 0 Å². The topological polar surface area (TPSA) is 52.7 Å². The van der Waals surface area contributed by atoms with Crippen LogP contribution in [0.5, 0.6) is 0 Å². The number of aryl methyl sites for hydroxylation is 3. The van der Waals surface area contributed by atoms with Gasteiger partial charge >= 0.3 is 6.18 Å². The normalized spacial score (nSPS) is 23.8. The predicted octanol–water partition coefficient (Wildman–Crippen LogP) is 6.22. The zero-order chi connectivity index (χ0) is 28.8. The number of piperidine rings is 1. The molecule has 0 saturated carbocycles. The van der Waals surface area contributed by atoms with Crippen LogP contribution in [0.1, 0.15) is 48.9 Å². The molecule has 0 aromatic heterocycles. The number of halogens is 5. The lowest BCUT2D eigenvalue weighted by atomic mass is 9.76. The van der Waals surface area contributed by atoms with Gasteiger partial charge in [-0.25, -0.2) is 8.78 Å². The van der Waals surface area contributed by atoms with E-state index in [0.29, 0.717) is 17.7 Å². The summed E-state index contributed by atoms with van der Waals surface area (Å²) in [7, 11) is 0. The molecular formula is C29H34F5N3O2. The highest BCUT2D eigenvalue weighted by Crippen LogP contribution is 2.44. The summed E-state index contributed by atoms with van der Waals surface area (Å²) in [5.41, 5.74) is 0.504. The minimum Gasteiger partial charge on any atom is -0.325 e. The van der Waals surface area contributed by atoms with Crippen molar-refractivity contribution < 1.29 is 31.5 Å². The molecule has 5 nitrogen and oxygen atoms in total. The molecule has 39 heavy (non-hydrogen) atoms. The number of amides is 2. The Bertz CT molecular complexity index is 1230. The minimum atomic E-state index is -4.60. The highest BCUT2D eigenvalue weighted by molar-refractivity contribution is 6.08. The van der Waals surface area contributed by atoms with Gasteiger partial charge in [0.1, 0.15) is 0 Å². The number of anilines is 2. The van der Waals surface area contributed by atoms with Gasteiger partial charge in [-0.05, 0) is 55.2 Å². The number of nitrogens with zero attached hydrogens (tertiary/aromatic N) is 2. The van der Waals surface area contributed by atoms with Gasteiger partial charge in [0.05, 0.1) is 16.9 Å². The fraction of sp³-hybridized carbons (Fsp3) is 0.517. The number of benzene rings is 2. The Kier molecular flexibility index (Phi) is 7.82. The molecule has 2 fully saturated rings. The molecule has 2 atom stereocenters. The Labute approximate surface area is 225 Å². The molecule has 0 radical (unpaired) electrons. The second-order valence-corrected chi connectivity index (χ2v) is 10.9. The van der Waals surface area contributed by atoms with Gasteiger partial charge in [-0.1, -0.05) is 32.0 Å². The molecule has 0 bridgehead atoms. The maximum absolute atomic E-state index is 14.1. The predicted molar refractivity (Wildman–Crippen MR) is 140 cm³/mol. The van der Waals surface area contributed by atoms with Gasteiger partial charge in [0.25, 0.3) is 5.92 Å². The van der Waals surface area contributed by atoms with E-state index in [1.807, 2.05) is 32.0 Å². The van der Waals surface area contributed by atoms with Gasteiger partial charge in [0.2, 0.25) is 11.8 Å². The molecule has 1 N–H and O–H groups in total. The van der Waals surface area contributed by atoms with E-state index in [9.17, 15) is 31.5 Å². The van der Waals surface area contributed by atoms with E-state index >= 15 is 0 Å². The molecule has 4 rings (SSSR count). The number of likely N-dealkylation sites (tertiary alicyclic amines) is 1. The van der Waals surface area contributed by atoms with Crippen LogP contribution in [0.4, 0.5) is 33.3 Å². The second-order valence-electron chi connectivity index (χ2n) is 10.9. The first-order valence-electron chi connectivity index (χ1n) is 13.2. The third-order valence-electron chi connectivity index (χ3n) is 8.15. The maximum atomic E-state index is 14.1. The van der Waals surface area contributed by atoms with E-state index in [1.165, 1.54) is 6.07 Å². The molecule has 2 aromatic carbocycles. The van der Waals surface area contributed by atoms with Crippen LogP contribution < -0.4 is 10.2 Å². The van der Waals surface area contributed by atoms with Gasteiger partial charge in [-0.2, -0.15) is 13.2 Å². The fourth-order valence-corrected chi connectivity index (χ4v) is 5.74. The van der Waals surface area contributed by atoms with Crippen LogP contribution in [0.15, 0.2) is 36.4 Å². The van der Waals surface area contributed by atoms with Gasteiger partial charge in [0, 0.05) is 50.4 Å². The number of nitrogens with one attached hydrogen (secondary N) is 1. The number of rotatable bonds is 6. The monoisotopic (exact) mass is 551 g/mol. The van der Waals surface area contributed by atoms with Gasteiger partial charge in [-0.3, -0.25) is 9.59 Å². The maximum Gasteiger partial charge on any atom is 0.416 e. The van der Waals surface area contributed by atoms with E-state index in [2.05, 4.69) is 5.32 Å². The molecular weight excluding hydrogens is 517 g/mol. The summed E-state index contributed by atoms with van der Waals surface area (Å²) in [6.45, 7) is 7.20. The quantitative estimate of drug-likeness (QED) is 0.434. The first-order valence-corrected chi connectivity index (χ1v) is 13.2. The van der Waals surface area contributed by atoms with Crippen LogP contribution >= 0.6 is 0 Å². The van der Waals surface area contributed by atoms with Crippen molar-refractivity contribution in [3.8, 4) is 0 Å². The van der Waals surface area contributed by atoms with Crippen molar-refractivity contribution in [1.82, 2.24) is 4.90 Å². The fourth-order valence-electron chi connectivity index (χ4n) is 5.74. The summed E-state index contributed by atoms with van der Waals surface area (Å²) >= 11 is 0. The van der Waals surface area contributed by atoms with E-state index in [4.69, 9.17) is 0 Å². The summed E-state index contributed by atoms with van der Waals surface area (Å²) < 4.78 is 68.5. The standard InChI is InChI=1S/C29H34F5N3O2/c1-5-21-13-22(29(32,33)34)15-23(14-21)35-26(39)27(16-36-11-9-28(30,31)10-12-36)17-37(25(38)20(27)4)24-18(2)7-6-8-19(24)3/h6-8,13-15,20H,5,9-12,16-17H2,1-4H3,(H,35,39)/t20-,27-/m1/s1. The summed E-state index contributed by atoms with van der Waals surface area (Å²) in [4.78, 5) is 31.1. The summed E-state index contributed by atoms with van der Waals surface area (Å²) in [5, 5.41) is 2.68. The molecule has 0 spiro atoms. The number of hydrogen-bond acceptors (Lipinski definition) is 3. The molecule has 2 aliphatic rings. The summed E-state index contributed by atoms with van der Waals surface area (Å²) in [5.74, 6) is -4.52. The Morgan fingerprint density at radius 3 is 2.26 bits per heavy atom. The van der Waals surface area contributed by atoms with Crippen LogP contribution in [0.25, 0.3) is 0 Å². The van der Waals surface area contributed by atoms with Crippen molar-refractivity contribution >= 4 is 23.2 Å². The summed E-state index contributed by atoms with van der Waals surface area (Å²) in [6.07, 6.45) is -4.99. The number of carbonyl (C=O) groups excluding carboxylic acids is 2. The number of para-hydroxylation sites is 1. The van der Waals surface area contributed by atoms with Crippen molar-refractivity contribution in [2.24, 2.45) is 11.3 Å². The SMILES string of the molecule is CCc1cc(NC(=O)[C@]2(CN3CCC(F)(F)CC3)CN(c3c(C)cccc3C)C(=O)[C@H]2C)cc(C(F)(F)F)c1. The first kappa shape index (κ1) is 29.0. The lowest BCUT2D eigenvalue weighted by Crippen LogP contribution is -2.53. The van der Waals surface area contributed by atoms with Crippen molar-refractivity contribution in [2.75, 3.05) is 36.4 Å². The molecule has 10 heteroatoms. The lowest BCUT2D eigenvalue weighted by Gasteiger charge is -2.39. The van der Waals surface area contributed by atoms with Crippen LogP contribution in [-0.2, 0) is 22.2 Å². The van der Waals surface area contributed by atoms with E-state index in [-0.39, 0.29) is 50.6 Å². The first-order chi connectivity index (χ1) is 18.2. The Morgan fingerprint density at radius 1 is 1.08 bits per heavy atom. The number of hydrogen-bond donors (Lipinski definition) is 1. The van der Waals surface area contributed by atoms with E-state index < -0.39 is 34.9 Å². The highest BCUT2D eigenvalue weighted by Gasteiger charge is 2.56. The smallest absolute Gasteiger partial charge is 0.325 e. The van der Waals surface area contributed by atoms with Crippen molar-refractivity contribution in [3.05, 3.63) is 58.7 Å². The molecule has 2 aromatic rings. The molecule has 212 valence electrons. The van der Waals surface area contributed by atoms with Crippen LogP contribution in [0.3, 0.4) is 0 Å². The minimum absolute atomic E-state index is 0.0126. The lowest BCUT2D eigenvalue weighted by molar-refractivity contribution is -0.137. The second kappa shape index (κ2) is 10.5. The van der Waals surface area contributed by atoms with Crippen molar-refractivity contribution in [3.63, 3.8) is 0 Å². The Morgan fingerprint density at radius 2 is 1.69 bits per heavy atom. The average molecular weight is 552 g/mol. The Hall–Kier alpha value is -3.01. The third kappa shape index (κ3) is 5.81. The molecule has 2 heterocycles. The molecule has 2 aliphatic heterocycles. The van der Waals surface area contributed by atoms with Gasteiger partial charge in [0.15, 0.2) is 0 Å². The van der Waals surface area contributed by atoms with Crippen LogP contribution in [0.2, 0.25) is 0 Å². The van der Waals surface area contributed by atoms with Gasteiger partial charge < -0.3 is 15.1 Å². The highest BCUT2D eigenvalue weighted by atomic mass is 19.4. The largest absolute Gasteiger partial charge is 0.416 e.